The van der Waals surface area contributed by atoms with Crippen molar-refractivity contribution in [2.75, 3.05) is 0 Å². The minimum atomic E-state index is -2.21. The Morgan fingerprint density at radius 1 is 0.850 bits per heavy atom. The maximum atomic E-state index is 4.80. The van der Waals surface area contributed by atoms with Crippen LogP contribution in [0.1, 0.15) is 59.3 Å². The first-order valence-corrected chi connectivity index (χ1v) is 15.7. The fourth-order valence-corrected chi connectivity index (χ4v) is 18.4. The molecule has 20 heavy (non-hydrogen) atoms. The zero-order valence-electron chi connectivity index (χ0n) is 13.8. The largest absolute Gasteiger partial charge is 0.344 e. The molecule has 0 fully saturated rings. The Morgan fingerprint density at radius 3 is 1.70 bits per heavy atom. The molecule has 0 amide bonds. The Bertz CT molecular complexity index is 305. The van der Waals surface area contributed by atoms with E-state index < -0.39 is 18.4 Å². The molecule has 1 aromatic heterocycles. The van der Waals surface area contributed by atoms with Gasteiger partial charge in [0.15, 0.2) is 0 Å². The maximum absolute atomic E-state index is 4.80. The predicted octanol–water partition coefficient (Wildman–Crippen LogP) is 5.30. The van der Waals surface area contributed by atoms with Crippen molar-refractivity contribution in [3.63, 3.8) is 0 Å². The molecule has 1 heterocycles. The molecule has 0 atom stereocenters. The van der Waals surface area contributed by atoms with Gasteiger partial charge < -0.3 is 6.15 Å². The third-order valence-corrected chi connectivity index (χ3v) is 19.4. The Labute approximate surface area is 130 Å². The molecule has 2 nitrogen and oxygen atoms in total. The molecular formula is C17H34N2Sn. The van der Waals surface area contributed by atoms with E-state index >= 15 is 0 Å². The summed E-state index contributed by atoms with van der Waals surface area (Å²) in [5, 5.41) is 0. The van der Waals surface area contributed by atoms with Crippen LogP contribution >= 0.6 is 0 Å². The first-order valence-electron chi connectivity index (χ1n) is 8.20. The van der Waals surface area contributed by atoms with E-state index in [0.29, 0.717) is 0 Å². The Hall–Kier alpha value is -0.0913. The summed E-state index contributed by atoms with van der Waals surface area (Å²) in [5.41, 5.74) is 0. The number of nitrogens with zero attached hydrogens (tertiary/aromatic N) is 1. The summed E-state index contributed by atoms with van der Waals surface area (Å²) in [6.07, 6.45) is 10.3. The molecule has 0 saturated carbocycles. The molecule has 1 aromatic rings. The first-order chi connectivity index (χ1) is 9.29. The van der Waals surface area contributed by atoms with Crippen LogP contribution in [-0.4, -0.2) is 23.4 Å². The van der Waals surface area contributed by atoms with Gasteiger partial charge in [-0.2, -0.15) is 0 Å². The second kappa shape index (κ2) is 11.6. The van der Waals surface area contributed by atoms with Gasteiger partial charge in [-0.3, -0.25) is 0 Å². The molecule has 1 rings (SSSR count). The zero-order chi connectivity index (χ0) is 14.0. The van der Waals surface area contributed by atoms with E-state index in [0.717, 1.165) is 0 Å². The Kier molecular flexibility index (Phi) is 11.5. The van der Waals surface area contributed by atoms with Crippen molar-refractivity contribution in [3.05, 3.63) is 24.4 Å². The summed E-state index contributed by atoms with van der Waals surface area (Å²) >= 11 is -2.21. The van der Waals surface area contributed by atoms with Gasteiger partial charge in [0.05, 0.1) is 0 Å². The number of aromatic nitrogens is 1. The van der Waals surface area contributed by atoms with Crippen LogP contribution in [0.2, 0.25) is 13.3 Å². The molecule has 3 heteroatoms. The fraction of sp³-hybridized carbons (Fsp3) is 0.706. The summed E-state index contributed by atoms with van der Waals surface area (Å²) < 4.78 is 6.10. The fourth-order valence-electron chi connectivity index (χ4n) is 2.98. The summed E-state index contributed by atoms with van der Waals surface area (Å²) in [5.74, 6) is 0. The van der Waals surface area contributed by atoms with Gasteiger partial charge in [0, 0.05) is 0 Å². The van der Waals surface area contributed by atoms with E-state index in [-0.39, 0.29) is 6.15 Å². The van der Waals surface area contributed by atoms with Crippen LogP contribution in [-0.2, 0) is 0 Å². The molecule has 0 bridgehead atoms. The third kappa shape index (κ3) is 6.13. The second-order valence-corrected chi connectivity index (χ2v) is 18.9. The molecule has 0 saturated heterocycles. The number of rotatable bonds is 10. The standard InChI is InChI=1S/C5H4N.3C4H9.H3N.Sn/c1-2-4-6-5-3-1;3*1-3-4-2;;/h1-4H;3*1,3-4H2,2H3;1H3;. The average Bonchev–Trinajstić information content (AvgIpc) is 2.48. The number of hydrogen-bond donors (Lipinski definition) is 1. The van der Waals surface area contributed by atoms with E-state index in [9.17, 15) is 0 Å². The Balaban J connectivity index is 0.00000361. The second-order valence-electron chi connectivity index (χ2n) is 5.81. The summed E-state index contributed by atoms with van der Waals surface area (Å²) in [6, 6.07) is 6.62. The normalized spacial score (nSPS) is 11.2. The number of unbranched alkanes of at least 4 members (excludes halogenated alkanes) is 3. The number of hydrogen-bond acceptors (Lipinski definition) is 2. The SMILES string of the molecule is CCC[CH2][Sn]([CH2]CCC)([CH2]CCC)[c]1ccccn1.N. The van der Waals surface area contributed by atoms with Gasteiger partial charge in [-0.05, 0) is 0 Å². The monoisotopic (exact) mass is 386 g/mol. The van der Waals surface area contributed by atoms with E-state index in [1.165, 1.54) is 51.8 Å². The molecule has 0 aliphatic heterocycles. The van der Waals surface area contributed by atoms with Gasteiger partial charge in [0.1, 0.15) is 0 Å². The van der Waals surface area contributed by atoms with Crippen LogP contribution in [0.3, 0.4) is 0 Å². The third-order valence-electron chi connectivity index (χ3n) is 4.23. The molecule has 0 aliphatic rings. The quantitative estimate of drug-likeness (QED) is 0.556. The minimum absolute atomic E-state index is 0. The molecule has 0 aliphatic carbocycles. The summed E-state index contributed by atoms with van der Waals surface area (Å²) in [7, 11) is 0. The van der Waals surface area contributed by atoms with Gasteiger partial charge in [0.2, 0.25) is 0 Å². The molecule has 0 unspecified atom stereocenters. The van der Waals surface area contributed by atoms with Crippen LogP contribution in [0.5, 0.6) is 0 Å². The molecule has 0 aromatic carbocycles. The summed E-state index contributed by atoms with van der Waals surface area (Å²) in [4.78, 5) is 4.80. The van der Waals surface area contributed by atoms with Crippen molar-refractivity contribution in [2.45, 2.75) is 72.6 Å². The van der Waals surface area contributed by atoms with Crippen molar-refractivity contribution in [1.82, 2.24) is 11.1 Å². The summed E-state index contributed by atoms with van der Waals surface area (Å²) in [6.45, 7) is 6.98. The van der Waals surface area contributed by atoms with Gasteiger partial charge in [0.25, 0.3) is 0 Å². The van der Waals surface area contributed by atoms with Crippen LogP contribution in [0.4, 0.5) is 0 Å². The zero-order valence-corrected chi connectivity index (χ0v) is 16.7. The van der Waals surface area contributed by atoms with Crippen LogP contribution in [0.15, 0.2) is 24.4 Å². The van der Waals surface area contributed by atoms with E-state index in [1.807, 2.05) is 6.20 Å². The van der Waals surface area contributed by atoms with Crippen LogP contribution in [0, 0.1) is 0 Å². The van der Waals surface area contributed by atoms with Crippen molar-refractivity contribution < 1.29 is 0 Å². The molecule has 0 radical (unpaired) electrons. The maximum Gasteiger partial charge on any atom is -0.344 e. The average molecular weight is 385 g/mol. The van der Waals surface area contributed by atoms with Gasteiger partial charge >= 0.3 is 124 Å². The van der Waals surface area contributed by atoms with Gasteiger partial charge in [-0.25, -0.2) is 0 Å². The number of pyridine rings is 1. The first kappa shape index (κ1) is 19.9. The van der Waals surface area contributed by atoms with Gasteiger partial charge in [-0.1, -0.05) is 0 Å². The smallest absolute Gasteiger partial charge is 0.344 e. The minimum Gasteiger partial charge on any atom is -0.344 e. The molecular weight excluding hydrogens is 351 g/mol. The Morgan fingerprint density at radius 2 is 1.35 bits per heavy atom. The van der Waals surface area contributed by atoms with E-state index in [2.05, 4.69) is 39.0 Å². The van der Waals surface area contributed by atoms with Crippen LogP contribution < -0.4 is 9.86 Å². The van der Waals surface area contributed by atoms with Gasteiger partial charge in [-0.15, -0.1) is 0 Å². The van der Waals surface area contributed by atoms with Crippen molar-refractivity contribution >= 4 is 22.1 Å². The molecule has 0 spiro atoms. The van der Waals surface area contributed by atoms with Crippen molar-refractivity contribution in [1.29, 1.82) is 0 Å². The van der Waals surface area contributed by atoms with Crippen molar-refractivity contribution in [2.24, 2.45) is 0 Å². The molecule has 116 valence electrons. The topological polar surface area (TPSA) is 47.9 Å². The predicted molar refractivity (Wildman–Crippen MR) is 93.8 cm³/mol. The van der Waals surface area contributed by atoms with E-state index in [4.69, 9.17) is 4.98 Å². The van der Waals surface area contributed by atoms with Crippen molar-refractivity contribution in [3.8, 4) is 0 Å². The van der Waals surface area contributed by atoms with Crippen LogP contribution in [0.25, 0.3) is 0 Å². The molecule has 3 N–H and O–H groups in total. The van der Waals surface area contributed by atoms with E-state index in [1.54, 1.807) is 3.71 Å².